The number of carbonyl (C=O) groups excluding carboxylic acids is 1. The van der Waals surface area contributed by atoms with E-state index in [4.69, 9.17) is 0 Å². The van der Waals surface area contributed by atoms with E-state index in [0.717, 1.165) is 17.9 Å². The molecule has 0 saturated carbocycles. The maximum atomic E-state index is 11.8. The summed E-state index contributed by atoms with van der Waals surface area (Å²) in [5, 5.41) is 5.77. The van der Waals surface area contributed by atoms with Gasteiger partial charge in [-0.05, 0) is 37.4 Å². The van der Waals surface area contributed by atoms with E-state index in [0.29, 0.717) is 13.1 Å². The predicted octanol–water partition coefficient (Wildman–Crippen LogP) is 3.34. The van der Waals surface area contributed by atoms with Gasteiger partial charge in [0.1, 0.15) is 0 Å². The predicted molar refractivity (Wildman–Crippen MR) is 101 cm³/mol. The zero-order chi connectivity index (χ0) is 17.2. The van der Waals surface area contributed by atoms with Crippen molar-refractivity contribution in [3.63, 3.8) is 0 Å². The van der Waals surface area contributed by atoms with Gasteiger partial charge < -0.3 is 15.5 Å². The Hall–Kier alpha value is -1.98. The van der Waals surface area contributed by atoms with Gasteiger partial charge in [0, 0.05) is 30.3 Å². The maximum absolute atomic E-state index is 11.8. The van der Waals surface area contributed by atoms with Crippen molar-refractivity contribution in [3.05, 3.63) is 65.7 Å². The fourth-order valence-corrected chi connectivity index (χ4v) is 3.01. The van der Waals surface area contributed by atoms with Crippen LogP contribution in [0, 0.1) is 0 Å². The van der Waals surface area contributed by atoms with Gasteiger partial charge >= 0.3 is 6.03 Å². The minimum atomic E-state index is -0.124. The van der Waals surface area contributed by atoms with Crippen LogP contribution in [0.1, 0.15) is 11.1 Å². The van der Waals surface area contributed by atoms with Crippen LogP contribution >= 0.6 is 11.8 Å². The summed E-state index contributed by atoms with van der Waals surface area (Å²) in [6, 6.07) is 18.4. The van der Waals surface area contributed by atoms with Gasteiger partial charge in [-0.1, -0.05) is 42.5 Å². The molecule has 5 heteroatoms. The van der Waals surface area contributed by atoms with Gasteiger partial charge in [-0.2, -0.15) is 0 Å². The molecule has 0 bridgehead atoms. The van der Waals surface area contributed by atoms with Gasteiger partial charge in [-0.25, -0.2) is 4.79 Å². The lowest BCUT2D eigenvalue weighted by atomic mass is 10.1. The van der Waals surface area contributed by atoms with E-state index in [1.807, 2.05) is 18.2 Å². The molecule has 0 radical (unpaired) electrons. The quantitative estimate of drug-likeness (QED) is 0.571. The minimum absolute atomic E-state index is 0.124. The molecule has 0 spiro atoms. The zero-order valence-electron chi connectivity index (χ0n) is 14.3. The van der Waals surface area contributed by atoms with E-state index in [1.54, 1.807) is 11.8 Å². The molecule has 2 aromatic carbocycles. The van der Waals surface area contributed by atoms with Gasteiger partial charge in [-0.15, -0.1) is 11.8 Å². The molecule has 2 rings (SSSR count). The number of thioether (sulfide) groups is 1. The lowest BCUT2D eigenvalue weighted by molar-refractivity contribution is 0.241. The number of amides is 2. The molecule has 0 saturated heterocycles. The highest BCUT2D eigenvalue weighted by Gasteiger charge is 2.01. The van der Waals surface area contributed by atoms with E-state index < -0.39 is 0 Å². The summed E-state index contributed by atoms with van der Waals surface area (Å²) in [5.74, 6) is 0.858. The van der Waals surface area contributed by atoms with E-state index in [1.165, 1.54) is 10.5 Å². The van der Waals surface area contributed by atoms with Crippen molar-refractivity contribution in [2.75, 3.05) is 26.4 Å². The Balaban J connectivity index is 1.62. The highest BCUT2D eigenvalue weighted by molar-refractivity contribution is 7.99. The fraction of sp³-hybridized carbons (Fsp3) is 0.316. The van der Waals surface area contributed by atoms with Crippen LogP contribution in [0.2, 0.25) is 0 Å². The second kappa shape index (κ2) is 10.0. The highest BCUT2D eigenvalue weighted by Crippen LogP contribution is 2.15. The second-order valence-corrected chi connectivity index (χ2v) is 6.99. The molecule has 2 aromatic rings. The third kappa shape index (κ3) is 7.06. The van der Waals surface area contributed by atoms with Crippen LogP contribution in [0.25, 0.3) is 0 Å². The zero-order valence-corrected chi connectivity index (χ0v) is 15.1. The molecule has 2 N–H and O–H groups in total. The summed E-state index contributed by atoms with van der Waals surface area (Å²) in [6.07, 6.45) is 0. The van der Waals surface area contributed by atoms with Crippen LogP contribution in [0.3, 0.4) is 0 Å². The maximum Gasteiger partial charge on any atom is 0.315 e. The molecule has 2 amide bonds. The highest BCUT2D eigenvalue weighted by atomic mass is 32.2. The first-order chi connectivity index (χ1) is 11.6. The van der Waals surface area contributed by atoms with Crippen molar-refractivity contribution >= 4 is 17.8 Å². The van der Waals surface area contributed by atoms with Crippen molar-refractivity contribution in [2.45, 2.75) is 18.0 Å². The van der Waals surface area contributed by atoms with Gasteiger partial charge in [-0.3, -0.25) is 0 Å². The largest absolute Gasteiger partial charge is 0.337 e. The van der Waals surface area contributed by atoms with E-state index in [-0.39, 0.29) is 6.03 Å². The van der Waals surface area contributed by atoms with Crippen molar-refractivity contribution in [1.82, 2.24) is 15.5 Å². The van der Waals surface area contributed by atoms with Crippen LogP contribution in [0.4, 0.5) is 4.79 Å². The number of benzene rings is 2. The summed E-state index contributed by atoms with van der Waals surface area (Å²) in [5.41, 5.74) is 2.37. The topological polar surface area (TPSA) is 44.4 Å². The first kappa shape index (κ1) is 18.4. The summed E-state index contributed by atoms with van der Waals surface area (Å²) in [6.45, 7) is 2.11. The average Bonchev–Trinajstić information content (AvgIpc) is 2.58. The molecule has 0 aliphatic rings. The van der Waals surface area contributed by atoms with E-state index in [9.17, 15) is 4.79 Å². The van der Waals surface area contributed by atoms with Crippen molar-refractivity contribution in [2.24, 2.45) is 0 Å². The van der Waals surface area contributed by atoms with Crippen LogP contribution in [0.15, 0.2) is 59.5 Å². The fourth-order valence-electron chi connectivity index (χ4n) is 2.22. The molecule has 128 valence electrons. The molecule has 0 atom stereocenters. The third-order valence-corrected chi connectivity index (χ3v) is 4.39. The number of urea groups is 1. The van der Waals surface area contributed by atoms with Gasteiger partial charge in [0.2, 0.25) is 0 Å². The van der Waals surface area contributed by atoms with Crippen LogP contribution in [-0.2, 0) is 13.1 Å². The summed E-state index contributed by atoms with van der Waals surface area (Å²) >= 11 is 1.74. The van der Waals surface area contributed by atoms with Crippen LogP contribution in [0.5, 0.6) is 0 Å². The molecule has 0 aliphatic heterocycles. The molecule has 0 unspecified atom stereocenters. The number of carbonyl (C=O) groups is 1. The molecule has 0 heterocycles. The Kier molecular flexibility index (Phi) is 7.65. The molecule has 0 fully saturated rings. The molecule has 0 aromatic heterocycles. The first-order valence-electron chi connectivity index (χ1n) is 8.05. The Morgan fingerprint density at radius 1 is 0.958 bits per heavy atom. The van der Waals surface area contributed by atoms with Crippen LogP contribution < -0.4 is 10.6 Å². The standard InChI is InChI=1S/C19H25N3OS/c1-22(2)15-17-10-8-16(9-11-17)14-21-19(23)20-12-13-24-18-6-4-3-5-7-18/h3-11H,12-15H2,1-2H3,(H2,20,21,23). The Morgan fingerprint density at radius 2 is 1.62 bits per heavy atom. The second-order valence-electron chi connectivity index (χ2n) is 5.83. The third-order valence-electron chi connectivity index (χ3n) is 3.37. The van der Waals surface area contributed by atoms with E-state index in [2.05, 4.69) is 66.0 Å². The average molecular weight is 343 g/mol. The van der Waals surface area contributed by atoms with Crippen molar-refractivity contribution in [1.29, 1.82) is 0 Å². The number of hydrogen-bond donors (Lipinski definition) is 2. The summed E-state index contributed by atoms with van der Waals surface area (Å²) in [7, 11) is 4.10. The molecule has 24 heavy (non-hydrogen) atoms. The van der Waals surface area contributed by atoms with Crippen LogP contribution in [-0.4, -0.2) is 37.3 Å². The number of hydrogen-bond acceptors (Lipinski definition) is 3. The number of nitrogens with one attached hydrogen (secondary N) is 2. The SMILES string of the molecule is CN(C)Cc1ccc(CNC(=O)NCCSc2ccccc2)cc1. The normalized spacial score (nSPS) is 10.6. The monoisotopic (exact) mass is 343 g/mol. The van der Waals surface area contributed by atoms with Crippen molar-refractivity contribution < 1.29 is 4.79 Å². The first-order valence-corrected chi connectivity index (χ1v) is 9.04. The lowest BCUT2D eigenvalue weighted by Crippen LogP contribution is -2.36. The number of nitrogens with zero attached hydrogens (tertiary/aromatic N) is 1. The van der Waals surface area contributed by atoms with Crippen molar-refractivity contribution in [3.8, 4) is 0 Å². The van der Waals surface area contributed by atoms with Gasteiger partial charge in [0.25, 0.3) is 0 Å². The van der Waals surface area contributed by atoms with Gasteiger partial charge in [0.05, 0.1) is 0 Å². The minimum Gasteiger partial charge on any atom is -0.337 e. The number of rotatable bonds is 8. The Bertz CT molecular complexity index is 614. The Morgan fingerprint density at radius 3 is 2.29 bits per heavy atom. The molecule has 4 nitrogen and oxygen atoms in total. The molecular weight excluding hydrogens is 318 g/mol. The molecule has 0 aliphatic carbocycles. The summed E-state index contributed by atoms with van der Waals surface area (Å²) in [4.78, 5) is 15.2. The lowest BCUT2D eigenvalue weighted by Gasteiger charge is -2.11. The van der Waals surface area contributed by atoms with Gasteiger partial charge in [0.15, 0.2) is 0 Å². The smallest absolute Gasteiger partial charge is 0.315 e. The Labute approximate surface area is 148 Å². The molecular formula is C19H25N3OS. The summed E-state index contributed by atoms with van der Waals surface area (Å²) < 4.78 is 0. The van der Waals surface area contributed by atoms with E-state index >= 15 is 0 Å².